The van der Waals surface area contributed by atoms with Gasteiger partial charge in [-0.2, -0.15) is 0 Å². The Labute approximate surface area is 183 Å². The molecule has 0 atom stereocenters. The van der Waals surface area contributed by atoms with Crippen LogP contribution in [0.1, 0.15) is 36.6 Å². The number of amides is 3. The number of benzene rings is 3. The predicted molar refractivity (Wildman–Crippen MR) is 117 cm³/mol. The second-order valence-electron chi connectivity index (χ2n) is 6.43. The van der Waals surface area contributed by atoms with E-state index in [9.17, 15) is 14.4 Å². The highest BCUT2D eigenvalue weighted by Gasteiger charge is 2.13. The highest BCUT2D eigenvalue weighted by molar-refractivity contribution is 6.36. The summed E-state index contributed by atoms with van der Waals surface area (Å²) in [4.78, 5) is 36.7. The van der Waals surface area contributed by atoms with Crippen molar-refractivity contribution in [1.29, 1.82) is 0 Å². The molecule has 3 amide bonds. The first-order valence-corrected chi connectivity index (χ1v) is 9.63. The van der Waals surface area contributed by atoms with E-state index in [1.807, 2.05) is 19.1 Å². The lowest BCUT2D eigenvalue weighted by Crippen LogP contribution is -2.41. The quantitative estimate of drug-likeness (QED) is 0.515. The average molecular weight is 442 g/mol. The number of carbonyl (C=O) groups is 3. The van der Waals surface area contributed by atoms with Gasteiger partial charge in [0.05, 0.1) is 10.6 Å². The van der Waals surface area contributed by atoms with Gasteiger partial charge in [-0.05, 0) is 61.5 Å². The summed E-state index contributed by atoms with van der Waals surface area (Å²) in [7, 11) is 0. The number of hydrogen-bond donors (Lipinski definition) is 3. The zero-order chi connectivity index (χ0) is 21.7. The number of halogens is 2. The topological polar surface area (TPSA) is 87.3 Å². The van der Waals surface area contributed by atoms with E-state index in [2.05, 4.69) is 16.2 Å². The van der Waals surface area contributed by atoms with Crippen molar-refractivity contribution in [1.82, 2.24) is 10.9 Å². The first kappa shape index (κ1) is 21.4. The first-order valence-electron chi connectivity index (χ1n) is 8.87. The van der Waals surface area contributed by atoms with E-state index in [0.717, 1.165) is 5.56 Å². The molecule has 30 heavy (non-hydrogen) atoms. The van der Waals surface area contributed by atoms with Crippen LogP contribution in [0.4, 0.5) is 5.69 Å². The van der Waals surface area contributed by atoms with Crippen molar-refractivity contribution >= 4 is 46.6 Å². The molecule has 3 aromatic rings. The minimum Gasteiger partial charge on any atom is -0.322 e. The molecule has 0 aliphatic heterocycles. The Kier molecular flexibility index (Phi) is 6.72. The van der Waals surface area contributed by atoms with Crippen LogP contribution in [-0.2, 0) is 0 Å². The summed E-state index contributed by atoms with van der Waals surface area (Å²) < 4.78 is 0. The van der Waals surface area contributed by atoms with E-state index in [0.29, 0.717) is 21.8 Å². The largest absolute Gasteiger partial charge is 0.322 e. The maximum atomic E-state index is 12.3. The fourth-order valence-electron chi connectivity index (χ4n) is 2.62. The van der Waals surface area contributed by atoms with Crippen LogP contribution in [0.2, 0.25) is 10.0 Å². The molecule has 3 N–H and O–H groups in total. The predicted octanol–water partition coefficient (Wildman–Crippen LogP) is 4.63. The molecule has 0 bridgehead atoms. The van der Waals surface area contributed by atoms with Crippen LogP contribution in [0, 0.1) is 6.92 Å². The molecule has 8 heteroatoms. The highest BCUT2D eigenvalue weighted by Crippen LogP contribution is 2.20. The molecule has 0 unspecified atom stereocenters. The van der Waals surface area contributed by atoms with Gasteiger partial charge in [-0.15, -0.1) is 0 Å². The van der Waals surface area contributed by atoms with Crippen LogP contribution in [0.3, 0.4) is 0 Å². The molecule has 0 fully saturated rings. The second-order valence-corrected chi connectivity index (χ2v) is 7.28. The van der Waals surface area contributed by atoms with Crippen molar-refractivity contribution in [2.24, 2.45) is 0 Å². The molecule has 0 radical (unpaired) electrons. The normalized spacial score (nSPS) is 10.2. The smallest absolute Gasteiger partial charge is 0.271 e. The number of carbonyl (C=O) groups excluding carboxylic acids is 3. The van der Waals surface area contributed by atoms with Crippen LogP contribution in [0.5, 0.6) is 0 Å². The summed E-state index contributed by atoms with van der Waals surface area (Å²) in [6.45, 7) is 1.91. The molecule has 0 saturated carbocycles. The van der Waals surface area contributed by atoms with Crippen molar-refractivity contribution in [3.8, 4) is 0 Å². The lowest BCUT2D eigenvalue weighted by atomic mass is 10.1. The van der Waals surface area contributed by atoms with Gasteiger partial charge in [0.25, 0.3) is 17.7 Å². The van der Waals surface area contributed by atoms with E-state index in [4.69, 9.17) is 23.2 Å². The van der Waals surface area contributed by atoms with Gasteiger partial charge >= 0.3 is 0 Å². The zero-order valence-corrected chi connectivity index (χ0v) is 17.3. The van der Waals surface area contributed by atoms with Crippen molar-refractivity contribution in [3.05, 3.63) is 99.0 Å². The van der Waals surface area contributed by atoms with Crippen LogP contribution in [0.25, 0.3) is 0 Å². The highest BCUT2D eigenvalue weighted by atomic mass is 35.5. The van der Waals surface area contributed by atoms with Gasteiger partial charge in [0.1, 0.15) is 0 Å². The van der Waals surface area contributed by atoms with Crippen LogP contribution < -0.4 is 16.2 Å². The maximum Gasteiger partial charge on any atom is 0.271 e. The molecule has 0 heterocycles. The molecule has 0 aliphatic carbocycles. The van der Waals surface area contributed by atoms with Crippen molar-refractivity contribution < 1.29 is 14.4 Å². The van der Waals surface area contributed by atoms with Gasteiger partial charge in [0.2, 0.25) is 0 Å². The third-order valence-corrected chi connectivity index (χ3v) is 4.70. The van der Waals surface area contributed by atoms with Crippen LogP contribution >= 0.6 is 23.2 Å². The molecule has 0 saturated heterocycles. The average Bonchev–Trinajstić information content (AvgIpc) is 2.72. The van der Waals surface area contributed by atoms with Crippen LogP contribution in [-0.4, -0.2) is 17.7 Å². The van der Waals surface area contributed by atoms with Crippen molar-refractivity contribution in [2.75, 3.05) is 5.32 Å². The first-order chi connectivity index (χ1) is 14.3. The molecule has 0 aromatic heterocycles. The Morgan fingerprint density at radius 3 is 2.10 bits per heavy atom. The van der Waals surface area contributed by atoms with E-state index in [1.165, 1.54) is 30.3 Å². The summed E-state index contributed by atoms with van der Waals surface area (Å²) in [5.41, 5.74) is 7.15. The Balaban J connectivity index is 1.58. The fourth-order valence-corrected chi connectivity index (χ4v) is 3.12. The van der Waals surface area contributed by atoms with E-state index in [-0.39, 0.29) is 16.5 Å². The summed E-state index contributed by atoms with van der Waals surface area (Å²) in [5.74, 6) is -1.35. The lowest BCUT2D eigenvalue weighted by Gasteiger charge is -2.10. The van der Waals surface area contributed by atoms with E-state index in [1.54, 1.807) is 24.3 Å². The van der Waals surface area contributed by atoms with Crippen LogP contribution in [0.15, 0.2) is 66.7 Å². The van der Waals surface area contributed by atoms with Gasteiger partial charge < -0.3 is 5.32 Å². The number of anilines is 1. The van der Waals surface area contributed by atoms with Crippen molar-refractivity contribution in [3.63, 3.8) is 0 Å². The zero-order valence-electron chi connectivity index (χ0n) is 15.8. The number of hydrazine groups is 1. The molecular formula is C22H17Cl2N3O3. The number of nitrogens with one attached hydrogen (secondary N) is 3. The van der Waals surface area contributed by atoms with E-state index >= 15 is 0 Å². The molecule has 3 rings (SSSR count). The SMILES string of the molecule is Cc1cccc(C(=O)Nc2ccc(C(=O)NNC(=O)c3ccc(Cl)cc3Cl)cc2)c1. The molecule has 0 aliphatic rings. The Bertz CT molecular complexity index is 1110. The minimum atomic E-state index is -0.577. The summed E-state index contributed by atoms with van der Waals surface area (Å²) in [6, 6.07) is 17.9. The third-order valence-electron chi connectivity index (χ3n) is 4.15. The third kappa shape index (κ3) is 5.37. The van der Waals surface area contributed by atoms with Crippen molar-refractivity contribution in [2.45, 2.75) is 6.92 Å². The van der Waals surface area contributed by atoms with Gasteiger partial charge in [0.15, 0.2) is 0 Å². The monoisotopic (exact) mass is 441 g/mol. The standard InChI is InChI=1S/C22H17Cl2N3O3/c1-13-3-2-4-15(11-13)20(28)25-17-8-5-14(6-9-17)21(29)26-27-22(30)18-10-7-16(23)12-19(18)24/h2-12H,1H3,(H,25,28)(H,26,29)(H,27,30). The molecule has 0 spiro atoms. The number of aryl methyl sites for hydroxylation is 1. The summed E-state index contributed by atoms with van der Waals surface area (Å²) >= 11 is 11.8. The summed E-state index contributed by atoms with van der Waals surface area (Å²) in [5, 5.41) is 3.34. The van der Waals surface area contributed by atoms with Gasteiger partial charge in [-0.25, -0.2) is 0 Å². The fraction of sp³-hybridized carbons (Fsp3) is 0.0455. The number of hydrogen-bond acceptors (Lipinski definition) is 3. The van der Waals surface area contributed by atoms with E-state index < -0.39 is 11.8 Å². The Hall–Kier alpha value is -3.35. The summed E-state index contributed by atoms with van der Waals surface area (Å²) in [6.07, 6.45) is 0. The van der Waals surface area contributed by atoms with Gasteiger partial charge in [0, 0.05) is 21.8 Å². The molecule has 6 nitrogen and oxygen atoms in total. The van der Waals surface area contributed by atoms with Gasteiger partial charge in [-0.3, -0.25) is 25.2 Å². The second kappa shape index (κ2) is 9.43. The molecular weight excluding hydrogens is 425 g/mol. The minimum absolute atomic E-state index is 0.169. The number of rotatable bonds is 4. The molecule has 152 valence electrons. The van der Waals surface area contributed by atoms with Gasteiger partial charge in [-0.1, -0.05) is 40.9 Å². The molecule has 3 aromatic carbocycles. The Morgan fingerprint density at radius 1 is 0.733 bits per heavy atom. The lowest BCUT2D eigenvalue weighted by molar-refractivity contribution is 0.0847. The Morgan fingerprint density at radius 2 is 1.43 bits per heavy atom. The maximum absolute atomic E-state index is 12.3.